The SMILES string of the molecule is COCc1nc(CCOC2CCCN(S(=O)(=O)c3cc(F)ccc3C)C2)no1. The van der Waals surface area contributed by atoms with Crippen LogP contribution in [0.1, 0.15) is 30.1 Å². The van der Waals surface area contributed by atoms with Gasteiger partial charge in [-0.2, -0.15) is 9.29 Å². The molecule has 1 fully saturated rings. The minimum atomic E-state index is -3.77. The van der Waals surface area contributed by atoms with Crippen molar-refractivity contribution in [2.75, 3.05) is 26.8 Å². The van der Waals surface area contributed by atoms with Crippen molar-refractivity contribution in [1.82, 2.24) is 14.4 Å². The summed E-state index contributed by atoms with van der Waals surface area (Å²) in [6, 6.07) is 3.80. The Morgan fingerprint density at radius 1 is 1.39 bits per heavy atom. The Hall–Kier alpha value is -1.88. The fraction of sp³-hybridized carbons (Fsp3) is 0.556. The standard InChI is InChI=1S/C18H24FN3O5S/c1-13-5-6-14(19)10-16(13)28(23,24)22-8-3-4-15(11-22)26-9-7-17-20-18(12-25-2)27-21-17/h5-6,10,15H,3-4,7-9,11-12H2,1-2H3. The molecule has 154 valence electrons. The van der Waals surface area contributed by atoms with Gasteiger partial charge in [-0.05, 0) is 37.5 Å². The number of aromatic nitrogens is 2. The number of aryl methyl sites for hydroxylation is 1. The quantitative estimate of drug-likeness (QED) is 0.654. The predicted molar refractivity (Wildman–Crippen MR) is 97.6 cm³/mol. The van der Waals surface area contributed by atoms with Crippen molar-refractivity contribution in [3.05, 3.63) is 41.3 Å². The molecule has 1 aromatic carbocycles. The third-order valence-corrected chi connectivity index (χ3v) is 6.57. The molecule has 0 bridgehead atoms. The monoisotopic (exact) mass is 413 g/mol. The molecule has 0 spiro atoms. The number of ether oxygens (including phenoxy) is 2. The molecule has 0 aliphatic carbocycles. The van der Waals surface area contributed by atoms with E-state index in [-0.39, 0.29) is 24.2 Å². The van der Waals surface area contributed by atoms with Gasteiger partial charge in [0.05, 0.1) is 17.6 Å². The second-order valence-electron chi connectivity index (χ2n) is 6.70. The zero-order chi connectivity index (χ0) is 20.1. The van der Waals surface area contributed by atoms with Crippen LogP contribution in [-0.4, -0.2) is 55.8 Å². The number of hydrogen-bond donors (Lipinski definition) is 0. The number of benzene rings is 1. The van der Waals surface area contributed by atoms with Crippen molar-refractivity contribution in [3.63, 3.8) is 0 Å². The molecule has 1 saturated heterocycles. The first kappa shape index (κ1) is 20.8. The van der Waals surface area contributed by atoms with Gasteiger partial charge in [0.2, 0.25) is 10.0 Å². The molecular formula is C18H24FN3O5S. The summed E-state index contributed by atoms with van der Waals surface area (Å²) in [6.45, 7) is 2.89. The molecule has 1 atom stereocenters. The van der Waals surface area contributed by atoms with Crippen LogP contribution in [0.3, 0.4) is 0 Å². The highest BCUT2D eigenvalue weighted by Crippen LogP contribution is 2.25. The third kappa shape index (κ3) is 4.93. The molecule has 0 N–H and O–H groups in total. The summed E-state index contributed by atoms with van der Waals surface area (Å²) in [5, 5.41) is 3.84. The summed E-state index contributed by atoms with van der Waals surface area (Å²) in [6.07, 6.45) is 1.66. The first-order valence-electron chi connectivity index (χ1n) is 9.08. The molecule has 10 heteroatoms. The highest BCUT2D eigenvalue weighted by Gasteiger charge is 2.31. The smallest absolute Gasteiger partial charge is 0.252 e. The Bertz CT molecular complexity index is 902. The van der Waals surface area contributed by atoms with Crippen LogP contribution >= 0.6 is 0 Å². The van der Waals surface area contributed by atoms with E-state index in [2.05, 4.69) is 10.1 Å². The maximum atomic E-state index is 13.6. The molecule has 3 rings (SSSR count). The van der Waals surface area contributed by atoms with Crippen molar-refractivity contribution >= 4 is 10.0 Å². The van der Waals surface area contributed by atoms with Crippen LogP contribution in [0.2, 0.25) is 0 Å². The van der Waals surface area contributed by atoms with Crippen LogP contribution in [-0.2, 0) is 32.5 Å². The van der Waals surface area contributed by atoms with Crippen molar-refractivity contribution < 1.29 is 26.8 Å². The average molecular weight is 413 g/mol. The largest absolute Gasteiger partial charge is 0.376 e. The van der Waals surface area contributed by atoms with Crippen molar-refractivity contribution in [2.24, 2.45) is 0 Å². The minimum Gasteiger partial charge on any atom is -0.376 e. The highest BCUT2D eigenvalue weighted by molar-refractivity contribution is 7.89. The van der Waals surface area contributed by atoms with Crippen LogP contribution in [0.15, 0.2) is 27.6 Å². The lowest BCUT2D eigenvalue weighted by Crippen LogP contribution is -2.43. The Kier molecular flexibility index (Phi) is 6.76. The fourth-order valence-electron chi connectivity index (χ4n) is 3.14. The summed E-state index contributed by atoms with van der Waals surface area (Å²) in [5.74, 6) is 0.350. The molecule has 0 amide bonds. The van der Waals surface area contributed by atoms with E-state index in [0.29, 0.717) is 43.3 Å². The van der Waals surface area contributed by atoms with Crippen molar-refractivity contribution in [1.29, 1.82) is 0 Å². The van der Waals surface area contributed by atoms with Crippen LogP contribution in [0.4, 0.5) is 4.39 Å². The number of methoxy groups -OCH3 is 1. The Morgan fingerprint density at radius 2 is 2.21 bits per heavy atom. The molecule has 1 aromatic heterocycles. The van der Waals surface area contributed by atoms with Gasteiger partial charge in [0.25, 0.3) is 5.89 Å². The van der Waals surface area contributed by atoms with Crippen LogP contribution in [0.5, 0.6) is 0 Å². The molecule has 8 nitrogen and oxygen atoms in total. The maximum absolute atomic E-state index is 13.6. The summed E-state index contributed by atoms with van der Waals surface area (Å²) in [5.41, 5.74) is 0.522. The van der Waals surface area contributed by atoms with Gasteiger partial charge in [-0.25, -0.2) is 12.8 Å². The zero-order valence-electron chi connectivity index (χ0n) is 15.9. The minimum absolute atomic E-state index is 0.00520. The summed E-state index contributed by atoms with van der Waals surface area (Å²) in [7, 11) is -2.23. The second kappa shape index (κ2) is 9.08. The van der Waals surface area contributed by atoms with E-state index in [1.807, 2.05) is 0 Å². The molecule has 1 unspecified atom stereocenters. The van der Waals surface area contributed by atoms with E-state index in [1.54, 1.807) is 14.0 Å². The van der Waals surface area contributed by atoms with E-state index >= 15 is 0 Å². The predicted octanol–water partition coefficient (Wildman–Crippen LogP) is 2.08. The van der Waals surface area contributed by atoms with Crippen molar-refractivity contribution in [2.45, 2.75) is 43.8 Å². The summed E-state index contributed by atoms with van der Waals surface area (Å²) >= 11 is 0. The van der Waals surface area contributed by atoms with Crippen LogP contribution < -0.4 is 0 Å². The molecule has 0 saturated carbocycles. The van der Waals surface area contributed by atoms with Gasteiger partial charge in [-0.1, -0.05) is 11.2 Å². The topological polar surface area (TPSA) is 94.8 Å². The summed E-state index contributed by atoms with van der Waals surface area (Å²) < 4.78 is 56.6. The molecule has 1 aliphatic heterocycles. The molecular weight excluding hydrogens is 389 g/mol. The lowest BCUT2D eigenvalue weighted by atomic mass is 10.1. The van der Waals surface area contributed by atoms with E-state index in [1.165, 1.54) is 16.4 Å². The number of nitrogens with zero attached hydrogens (tertiary/aromatic N) is 3. The van der Waals surface area contributed by atoms with Gasteiger partial charge < -0.3 is 14.0 Å². The summed E-state index contributed by atoms with van der Waals surface area (Å²) in [4.78, 5) is 4.18. The zero-order valence-corrected chi connectivity index (χ0v) is 16.7. The number of piperidine rings is 1. The third-order valence-electron chi connectivity index (χ3n) is 4.57. The van der Waals surface area contributed by atoms with Crippen LogP contribution in [0, 0.1) is 12.7 Å². The average Bonchev–Trinajstić information content (AvgIpc) is 3.11. The Balaban J connectivity index is 1.58. The molecule has 2 aromatic rings. The Morgan fingerprint density at radius 3 is 3.00 bits per heavy atom. The van der Waals surface area contributed by atoms with E-state index < -0.39 is 15.8 Å². The number of hydrogen-bond acceptors (Lipinski definition) is 7. The van der Waals surface area contributed by atoms with E-state index in [9.17, 15) is 12.8 Å². The number of halogens is 1. The lowest BCUT2D eigenvalue weighted by molar-refractivity contribution is 0.0199. The van der Waals surface area contributed by atoms with Crippen molar-refractivity contribution in [3.8, 4) is 0 Å². The molecule has 2 heterocycles. The second-order valence-corrected chi connectivity index (χ2v) is 8.60. The normalized spacial score (nSPS) is 18.5. The van der Waals surface area contributed by atoms with Gasteiger partial charge >= 0.3 is 0 Å². The van der Waals surface area contributed by atoms with Gasteiger partial charge in [0.15, 0.2) is 5.82 Å². The highest BCUT2D eigenvalue weighted by atomic mass is 32.2. The lowest BCUT2D eigenvalue weighted by Gasteiger charge is -2.32. The van der Waals surface area contributed by atoms with Gasteiger partial charge in [-0.15, -0.1) is 0 Å². The molecule has 1 aliphatic rings. The van der Waals surface area contributed by atoms with Crippen LogP contribution in [0.25, 0.3) is 0 Å². The van der Waals surface area contributed by atoms with Gasteiger partial charge in [0.1, 0.15) is 12.4 Å². The van der Waals surface area contributed by atoms with Gasteiger partial charge in [-0.3, -0.25) is 0 Å². The molecule has 0 radical (unpaired) electrons. The maximum Gasteiger partial charge on any atom is 0.252 e. The number of sulfonamides is 1. The first-order valence-corrected chi connectivity index (χ1v) is 10.5. The van der Waals surface area contributed by atoms with E-state index in [4.69, 9.17) is 14.0 Å². The molecule has 28 heavy (non-hydrogen) atoms. The van der Waals surface area contributed by atoms with Gasteiger partial charge in [0, 0.05) is 26.6 Å². The Labute approximate surface area is 163 Å². The first-order chi connectivity index (χ1) is 13.4. The van der Waals surface area contributed by atoms with E-state index in [0.717, 1.165) is 12.5 Å². The fourth-order valence-corrected chi connectivity index (χ4v) is 4.89. The number of rotatable bonds is 8.